The predicted molar refractivity (Wildman–Crippen MR) is 104 cm³/mol. The van der Waals surface area contributed by atoms with Crippen molar-refractivity contribution < 1.29 is 23.6 Å². The Morgan fingerprint density at radius 3 is 2.66 bits per heavy atom. The first-order chi connectivity index (χ1) is 14.1. The van der Waals surface area contributed by atoms with Crippen LogP contribution in [0.1, 0.15) is 21.7 Å². The lowest BCUT2D eigenvalue weighted by atomic mass is 10.2. The smallest absolute Gasteiger partial charge is 0.307 e. The van der Waals surface area contributed by atoms with Crippen LogP contribution >= 0.6 is 0 Å². The van der Waals surface area contributed by atoms with Gasteiger partial charge in [0.05, 0.1) is 24.5 Å². The summed E-state index contributed by atoms with van der Waals surface area (Å²) in [7, 11) is 1.51. The Balaban J connectivity index is 1.72. The van der Waals surface area contributed by atoms with Gasteiger partial charge in [-0.05, 0) is 42.0 Å². The van der Waals surface area contributed by atoms with E-state index in [0.29, 0.717) is 17.1 Å². The first-order valence-corrected chi connectivity index (χ1v) is 8.48. The second-order valence-electron chi connectivity index (χ2n) is 5.77. The molecule has 1 heterocycles. The lowest BCUT2D eigenvalue weighted by Crippen LogP contribution is -2.16. The summed E-state index contributed by atoms with van der Waals surface area (Å²) in [6.07, 6.45) is 2.82. The molecule has 0 unspecified atom stereocenters. The first kappa shape index (κ1) is 19.6. The van der Waals surface area contributed by atoms with Gasteiger partial charge >= 0.3 is 5.91 Å². The number of methoxy groups -OCH3 is 1. The minimum atomic E-state index is -0.484. The fraction of sp³-hybridized carbons (Fsp3) is 0.100. The molecule has 0 atom stereocenters. The summed E-state index contributed by atoms with van der Waals surface area (Å²) in [6.45, 7) is 0.165. The van der Waals surface area contributed by atoms with Crippen LogP contribution in [0, 0.1) is 10.1 Å². The second-order valence-corrected chi connectivity index (χ2v) is 5.77. The van der Waals surface area contributed by atoms with Gasteiger partial charge in [-0.15, -0.1) is 0 Å². The van der Waals surface area contributed by atoms with Gasteiger partial charge in [-0.25, -0.2) is 5.43 Å². The van der Waals surface area contributed by atoms with Gasteiger partial charge in [-0.3, -0.25) is 14.9 Å². The summed E-state index contributed by atoms with van der Waals surface area (Å²) in [4.78, 5) is 22.2. The number of nitrogens with one attached hydrogen (secondary N) is 1. The third-order valence-corrected chi connectivity index (χ3v) is 3.87. The Labute approximate surface area is 165 Å². The number of nitro benzene ring substituents is 1. The molecule has 0 aliphatic rings. The molecule has 9 heteroatoms. The minimum absolute atomic E-state index is 0.00571. The van der Waals surface area contributed by atoms with Crippen molar-refractivity contribution in [2.45, 2.75) is 6.61 Å². The molecule has 0 saturated heterocycles. The Hall–Kier alpha value is -4.14. The lowest BCUT2D eigenvalue weighted by Gasteiger charge is -2.13. The maximum atomic E-state index is 11.9. The minimum Gasteiger partial charge on any atom is -0.493 e. The van der Waals surface area contributed by atoms with E-state index in [4.69, 9.17) is 13.9 Å². The normalized spacial score (nSPS) is 10.7. The van der Waals surface area contributed by atoms with Crippen LogP contribution in [-0.2, 0) is 6.61 Å². The molecule has 0 fully saturated rings. The van der Waals surface area contributed by atoms with Crippen molar-refractivity contribution >= 4 is 17.8 Å². The molecule has 1 N–H and O–H groups in total. The van der Waals surface area contributed by atoms with Crippen LogP contribution in [0.3, 0.4) is 0 Å². The van der Waals surface area contributed by atoms with E-state index >= 15 is 0 Å². The molecule has 0 aliphatic carbocycles. The van der Waals surface area contributed by atoms with Crippen molar-refractivity contribution in [1.82, 2.24) is 5.43 Å². The summed E-state index contributed by atoms with van der Waals surface area (Å²) < 4.78 is 16.2. The molecule has 2 aromatic carbocycles. The van der Waals surface area contributed by atoms with E-state index < -0.39 is 10.8 Å². The number of rotatable bonds is 8. The van der Waals surface area contributed by atoms with Crippen molar-refractivity contribution in [1.29, 1.82) is 0 Å². The summed E-state index contributed by atoms with van der Waals surface area (Å²) in [5, 5.41) is 14.7. The van der Waals surface area contributed by atoms with Crippen molar-refractivity contribution in [3.63, 3.8) is 0 Å². The molecule has 29 heavy (non-hydrogen) atoms. The summed E-state index contributed by atoms with van der Waals surface area (Å²) in [5.41, 5.74) is 3.69. The first-order valence-electron chi connectivity index (χ1n) is 8.48. The van der Waals surface area contributed by atoms with Gasteiger partial charge in [0.2, 0.25) is 0 Å². The molecule has 0 aliphatic heterocycles. The topological polar surface area (TPSA) is 116 Å². The number of carbonyl (C=O) groups excluding carboxylic acids is 1. The van der Waals surface area contributed by atoms with E-state index in [1.165, 1.54) is 37.8 Å². The zero-order valence-corrected chi connectivity index (χ0v) is 15.4. The van der Waals surface area contributed by atoms with Crippen molar-refractivity contribution in [2.75, 3.05) is 7.11 Å². The number of hydrogen-bond acceptors (Lipinski definition) is 7. The molecule has 3 aromatic rings. The summed E-state index contributed by atoms with van der Waals surface area (Å²) in [6, 6.07) is 14.4. The maximum absolute atomic E-state index is 11.9. The lowest BCUT2D eigenvalue weighted by molar-refractivity contribution is -0.384. The van der Waals surface area contributed by atoms with Gasteiger partial charge in [0.1, 0.15) is 6.61 Å². The van der Waals surface area contributed by atoms with Crippen LogP contribution in [-0.4, -0.2) is 24.2 Å². The number of furan rings is 1. The molecular formula is C20H17N3O6. The Kier molecular flexibility index (Phi) is 6.21. The maximum Gasteiger partial charge on any atom is 0.307 e. The highest BCUT2D eigenvalue weighted by atomic mass is 16.6. The average Bonchev–Trinajstić information content (AvgIpc) is 3.27. The molecule has 148 valence electrons. The van der Waals surface area contributed by atoms with Crippen LogP contribution in [0.4, 0.5) is 5.69 Å². The number of para-hydroxylation sites is 1. The predicted octanol–water partition coefficient (Wildman–Crippen LogP) is 3.54. The molecule has 0 radical (unpaired) electrons. The Bertz CT molecular complexity index is 1010. The number of non-ortho nitro benzene ring substituents is 1. The van der Waals surface area contributed by atoms with Crippen molar-refractivity contribution in [2.24, 2.45) is 5.10 Å². The van der Waals surface area contributed by atoms with Gasteiger partial charge in [0.15, 0.2) is 17.3 Å². The molecule has 1 aromatic heterocycles. The number of carbonyl (C=O) groups is 1. The van der Waals surface area contributed by atoms with E-state index in [-0.39, 0.29) is 18.1 Å². The van der Waals surface area contributed by atoms with Crippen LogP contribution in [0.5, 0.6) is 11.5 Å². The van der Waals surface area contributed by atoms with Crippen LogP contribution in [0.2, 0.25) is 0 Å². The summed E-state index contributed by atoms with van der Waals surface area (Å²) in [5.74, 6) is 0.558. The average molecular weight is 395 g/mol. The van der Waals surface area contributed by atoms with Gasteiger partial charge in [0.25, 0.3) is 5.69 Å². The summed E-state index contributed by atoms with van der Waals surface area (Å²) >= 11 is 0. The van der Waals surface area contributed by atoms with E-state index in [1.807, 2.05) is 0 Å². The quantitative estimate of drug-likeness (QED) is 0.354. The third-order valence-electron chi connectivity index (χ3n) is 3.87. The zero-order chi connectivity index (χ0) is 20.6. The van der Waals surface area contributed by atoms with Crippen LogP contribution < -0.4 is 14.9 Å². The monoisotopic (exact) mass is 395 g/mol. The molecule has 3 rings (SSSR count). The standard InChI is InChI=1S/C20H17N3O6/c1-27-17-5-2-4-15(12-21-22-20(24)18-6-3-11-28-18)19(17)29-13-14-7-9-16(10-8-14)23(25)26/h2-12H,13H2,1H3,(H,22,24)/b21-12-. The Morgan fingerprint density at radius 2 is 2.00 bits per heavy atom. The van der Waals surface area contributed by atoms with E-state index in [2.05, 4.69) is 10.5 Å². The molecule has 9 nitrogen and oxygen atoms in total. The van der Waals surface area contributed by atoms with Gasteiger partial charge in [0, 0.05) is 17.7 Å². The number of benzene rings is 2. The largest absolute Gasteiger partial charge is 0.493 e. The fourth-order valence-electron chi connectivity index (χ4n) is 2.44. The van der Waals surface area contributed by atoms with E-state index in [1.54, 1.807) is 36.4 Å². The molecule has 0 bridgehead atoms. The fourth-order valence-corrected chi connectivity index (χ4v) is 2.44. The van der Waals surface area contributed by atoms with Gasteiger partial charge < -0.3 is 13.9 Å². The van der Waals surface area contributed by atoms with Gasteiger partial charge in [-0.1, -0.05) is 6.07 Å². The third kappa shape index (κ3) is 4.98. The highest BCUT2D eigenvalue weighted by molar-refractivity contribution is 5.92. The van der Waals surface area contributed by atoms with E-state index in [9.17, 15) is 14.9 Å². The SMILES string of the molecule is COc1cccc(/C=N\NC(=O)c2ccco2)c1OCc1ccc([N+](=O)[O-])cc1. The number of nitro groups is 1. The Morgan fingerprint density at radius 1 is 1.21 bits per heavy atom. The number of nitrogens with zero attached hydrogens (tertiary/aromatic N) is 2. The van der Waals surface area contributed by atoms with Crippen LogP contribution in [0.25, 0.3) is 0 Å². The van der Waals surface area contributed by atoms with Crippen molar-refractivity contribution in [3.8, 4) is 11.5 Å². The highest BCUT2D eigenvalue weighted by Crippen LogP contribution is 2.31. The van der Waals surface area contributed by atoms with Crippen LogP contribution in [0.15, 0.2) is 70.4 Å². The molecule has 0 saturated carbocycles. The number of hydrazone groups is 1. The molecule has 0 spiro atoms. The highest BCUT2D eigenvalue weighted by Gasteiger charge is 2.11. The number of hydrogen-bond donors (Lipinski definition) is 1. The zero-order valence-electron chi connectivity index (χ0n) is 15.4. The number of ether oxygens (including phenoxy) is 2. The van der Waals surface area contributed by atoms with E-state index in [0.717, 1.165) is 5.56 Å². The number of amides is 1. The molecule has 1 amide bonds. The second kappa shape index (κ2) is 9.18. The van der Waals surface area contributed by atoms with Crippen molar-refractivity contribution in [3.05, 3.63) is 87.9 Å². The molecular weight excluding hydrogens is 378 g/mol. The van der Waals surface area contributed by atoms with Gasteiger partial charge in [-0.2, -0.15) is 5.10 Å².